The van der Waals surface area contributed by atoms with Crippen molar-refractivity contribution in [1.29, 1.82) is 0 Å². The molecular weight excluding hydrogens is 308 g/mol. The lowest BCUT2D eigenvalue weighted by Crippen LogP contribution is -2.55. The van der Waals surface area contributed by atoms with E-state index in [2.05, 4.69) is 0 Å². The molecule has 0 bridgehead atoms. The third kappa shape index (κ3) is 3.75. The van der Waals surface area contributed by atoms with Gasteiger partial charge in [-0.05, 0) is 6.08 Å². The first-order valence-corrected chi connectivity index (χ1v) is 6.26. The second-order valence-electron chi connectivity index (χ2n) is 4.37. The van der Waals surface area contributed by atoms with E-state index in [1.54, 1.807) is 0 Å². The zero-order chi connectivity index (χ0) is 17.0. The van der Waals surface area contributed by atoms with Crippen LogP contribution in [0.25, 0.3) is 0 Å². The van der Waals surface area contributed by atoms with Crippen molar-refractivity contribution in [2.75, 3.05) is 0 Å². The molecule has 0 saturated carbocycles. The minimum Gasteiger partial charge on any atom is -0.277 e. The maximum absolute atomic E-state index is 11.4. The van der Waals surface area contributed by atoms with Gasteiger partial charge in [-0.2, -0.15) is 0 Å². The number of allylic oxidation sites excluding steroid dienone is 4. The average molecular weight is 318 g/mol. The van der Waals surface area contributed by atoms with Gasteiger partial charge in [0.15, 0.2) is 0 Å². The molecule has 118 valence electrons. The lowest BCUT2D eigenvalue weighted by atomic mass is 10.1. The van der Waals surface area contributed by atoms with E-state index in [1.165, 1.54) is 24.3 Å². The van der Waals surface area contributed by atoms with Gasteiger partial charge in [0.25, 0.3) is 11.8 Å². The second-order valence-corrected chi connectivity index (χ2v) is 4.37. The Balaban J connectivity index is 2.00. The van der Waals surface area contributed by atoms with Crippen LogP contribution in [-0.2, 0) is 19.2 Å². The van der Waals surface area contributed by atoms with E-state index in [4.69, 9.17) is 0 Å². The van der Waals surface area contributed by atoms with Gasteiger partial charge in [-0.25, -0.2) is 9.59 Å². The molecule has 2 saturated heterocycles. The number of barbiturate groups is 2. The highest BCUT2D eigenvalue weighted by molar-refractivity contribution is 6.29. The van der Waals surface area contributed by atoms with Crippen LogP contribution < -0.4 is 21.3 Å². The minimum absolute atomic E-state index is 0.270. The Bertz CT molecular complexity index is 676. The number of carbonyl (C=O) groups is 6. The SMILES string of the molecule is O=C1NC(=O)C(=C/C=C\C=C\C2C(=O)NC(=O)NC2=O)C(=O)N1. The smallest absolute Gasteiger partial charge is 0.277 e. The molecule has 4 N–H and O–H groups in total. The number of amides is 8. The molecule has 0 atom stereocenters. The van der Waals surface area contributed by atoms with Crippen LogP contribution in [0.3, 0.4) is 0 Å². The number of urea groups is 2. The van der Waals surface area contributed by atoms with E-state index in [1.807, 2.05) is 21.3 Å². The van der Waals surface area contributed by atoms with Crippen LogP contribution in [0.5, 0.6) is 0 Å². The maximum Gasteiger partial charge on any atom is 0.328 e. The molecule has 0 aromatic rings. The highest BCUT2D eigenvalue weighted by Gasteiger charge is 2.31. The normalized spacial score (nSPS) is 19.7. The van der Waals surface area contributed by atoms with Gasteiger partial charge in [-0.1, -0.05) is 24.3 Å². The monoisotopic (exact) mass is 318 g/mol. The zero-order valence-corrected chi connectivity index (χ0v) is 11.4. The first-order valence-electron chi connectivity index (χ1n) is 6.26. The lowest BCUT2D eigenvalue weighted by Gasteiger charge is -2.17. The molecule has 2 heterocycles. The Kier molecular flexibility index (Phi) is 4.45. The van der Waals surface area contributed by atoms with E-state index >= 15 is 0 Å². The summed E-state index contributed by atoms with van der Waals surface area (Å²) in [5, 5.41) is 7.67. The first kappa shape index (κ1) is 15.8. The van der Waals surface area contributed by atoms with Crippen LogP contribution in [0.4, 0.5) is 9.59 Å². The van der Waals surface area contributed by atoms with Gasteiger partial charge in [-0.15, -0.1) is 0 Å². The standard InChI is InChI=1S/C13H10N4O6/c18-8-6(9(19)15-12(22)14-8)4-2-1-3-5-7-10(20)16-13(23)17-11(7)21/h1-6H,(H2,14,15,18,19,22)(H2,16,17,20,21,23)/b3-1-,4-2+. The number of rotatable bonds is 3. The van der Waals surface area contributed by atoms with Crippen LogP contribution in [-0.4, -0.2) is 35.7 Å². The summed E-state index contributed by atoms with van der Waals surface area (Å²) in [7, 11) is 0. The van der Waals surface area contributed by atoms with Crippen molar-refractivity contribution in [3.63, 3.8) is 0 Å². The summed E-state index contributed by atoms with van der Waals surface area (Å²) >= 11 is 0. The van der Waals surface area contributed by atoms with Crippen molar-refractivity contribution in [3.8, 4) is 0 Å². The highest BCUT2D eigenvalue weighted by atomic mass is 16.2. The molecule has 8 amide bonds. The molecule has 0 aromatic heterocycles. The van der Waals surface area contributed by atoms with Crippen LogP contribution in [0.1, 0.15) is 0 Å². The van der Waals surface area contributed by atoms with Gasteiger partial charge in [0.2, 0.25) is 11.8 Å². The molecule has 0 aromatic carbocycles. The number of hydrogen-bond acceptors (Lipinski definition) is 6. The van der Waals surface area contributed by atoms with Crippen molar-refractivity contribution in [1.82, 2.24) is 21.3 Å². The molecular formula is C13H10N4O6. The Morgan fingerprint density at radius 2 is 1.17 bits per heavy atom. The third-order valence-electron chi connectivity index (χ3n) is 2.77. The third-order valence-corrected chi connectivity index (χ3v) is 2.77. The number of imide groups is 4. The van der Waals surface area contributed by atoms with Gasteiger partial charge in [-0.3, -0.25) is 40.4 Å². The predicted octanol–water partition coefficient (Wildman–Crippen LogP) is -1.63. The topological polar surface area (TPSA) is 151 Å². The van der Waals surface area contributed by atoms with Crippen LogP contribution in [0.2, 0.25) is 0 Å². The molecule has 0 unspecified atom stereocenters. The fourth-order valence-corrected chi connectivity index (χ4v) is 1.72. The van der Waals surface area contributed by atoms with Crippen molar-refractivity contribution in [2.45, 2.75) is 0 Å². The fourth-order valence-electron chi connectivity index (χ4n) is 1.72. The summed E-state index contributed by atoms with van der Waals surface area (Å²) in [6, 6.07) is -1.78. The van der Waals surface area contributed by atoms with E-state index < -0.39 is 41.6 Å². The Morgan fingerprint density at radius 3 is 1.74 bits per heavy atom. The van der Waals surface area contributed by atoms with Crippen LogP contribution in [0.15, 0.2) is 36.0 Å². The number of nitrogens with one attached hydrogen (secondary N) is 4. The molecule has 0 radical (unpaired) electrons. The molecule has 0 spiro atoms. The first-order chi connectivity index (χ1) is 10.9. The van der Waals surface area contributed by atoms with Gasteiger partial charge in [0.1, 0.15) is 11.5 Å². The summed E-state index contributed by atoms with van der Waals surface area (Å²) in [5.74, 6) is -4.35. The highest BCUT2D eigenvalue weighted by Crippen LogP contribution is 2.05. The Morgan fingerprint density at radius 1 is 0.652 bits per heavy atom. The quantitative estimate of drug-likeness (QED) is 0.212. The summed E-state index contributed by atoms with van der Waals surface area (Å²) in [5.41, 5.74) is -0.270. The predicted molar refractivity (Wildman–Crippen MR) is 73.2 cm³/mol. The van der Waals surface area contributed by atoms with Crippen molar-refractivity contribution >= 4 is 35.7 Å². The average Bonchev–Trinajstić information content (AvgIpc) is 2.42. The molecule has 2 rings (SSSR count). The Hall–Kier alpha value is -3.56. The second kappa shape index (κ2) is 6.47. The van der Waals surface area contributed by atoms with Crippen molar-refractivity contribution < 1.29 is 28.8 Å². The van der Waals surface area contributed by atoms with Crippen LogP contribution >= 0.6 is 0 Å². The molecule has 2 aliphatic heterocycles. The van der Waals surface area contributed by atoms with E-state index in [9.17, 15) is 28.8 Å². The Labute approximate surface area is 128 Å². The van der Waals surface area contributed by atoms with Gasteiger partial charge < -0.3 is 0 Å². The van der Waals surface area contributed by atoms with Gasteiger partial charge in [0.05, 0.1) is 0 Å². The van der Waals surface area contributed by atoms with Crippen molar-refractivity contribution in [3.05, 3.63) is 36.0 Å². The molecule has 2 aliphatic rings. The molecule has 23 heavy (non-hydrogen) atoms. The van der Waals surface area contributed by atoms with Crippen LogP contribution in [0, 0.1) is 5.92 Å². The largest absolute Gasteiger partial charge is 0.328 e. The summed E-state index contributed by atoms with van der Waals surface area (Å²) < 4.78 is 0. The zero-order valence-electron chi connectivity index (χ0n) is 11.4. The van der Waals surface area contributed by atoms with Gasteiger partial charge >= 0.3 is 12.1 Å². The molecule has 2 fully saturated rings. The van der Waals surface area contributed by atoms with E-state index in [0.29, 0.717) is 0 Å². The molecule has 10 nitrogen and oxygen atoms in total. The molecule has 0 aliphatic carbocycles. The fraction of sp³-hybridized carbons (Fsp3) is 0.0769. The minimum atomic E-state index is -1.16. The number of carbonyl (C=O) groups excluding carboxylic acids is 6. The van der Waals surface area contributed by atoms with Gasteiger partial charge in [0, 0.05) is 0 Å². The van der Waals surface area contributed by atoms with Crippen molar-refractivity contribution in [2.24, 2.45) is 5.92 Å². The molecule has 10 heteroatoms. The maximum atomic E-state index is 11.4. The summed E-state index contributed by atoms with van der Waals surface area (Å²) in [4.78, 5) is 67.3. The number of hydrogen-bond donors (Lipinski definition) is 4. The lowest BCUT2D eigenvalue weighted by molar-refractivity contribution is -0.134. The van der Waals surface area contributed by atoms with E-state index in [-0.39, 0.29) is 5.57 Å². The summed E-state index contributed by atoms with van der Waals surface area (Å²) in [6.07, 6.45) is 6.40. The summed E-state index contributed by atoms with van der Waals surface area (Å²) in [6.45, 7) is 0. The van der Waals surface area contributed by atoms with E-state index in [0.717, 1.165) is 6.08 Å².